The van der Waals surface area contributed by atoms with Gasteiger partial charge in [0.25, 0.3) is 0 Å². The lowest BCUT2D eigenvalue weighted by Crippen LogP contribution is -2.02. The van der Waals surface area contributed by atoms with Crippen LogP contribution in [0.1, 0.15) is 129 Å². The highest BCUT2D eigenvalue weighted by Gasteiger charge is 2.04. The zero-order valence-electron chi connectivity index (χ0n) is 19.6. The first kappa shape index (κ1) is 32.4. The standard InChI is InChI=1S/C26H46O4.Mg.2H/c1-3-4-5-6-7-8-9-10-11-12-13-14-15-16-17-18-19-20-21-22-25(27)30-23-24(2)26(28)29;;;/h10-11,23H,3-9,12-22H2,1-2H3,(H,28,29);;;/b11-10-,24-23?;;;. The van der Waals surface area contributed by atoms with E-state index >= 15 is 0 Å². The zero-order valence-corrected chi connectivity index (χ0v) is 19.6. The van der Waals surface area contributed by atoms with Crippen LogP contribution in [-0.4, -0.2) is 40.1 Å². The van der Waals surface area contributed by atoms with Gasteiger partial charge in [-0.15, -0.1) is 0 Å². The van der Waals surface area contributed by atoms with Gasteiger partial charge >= 0.3 is 35.0 Å². The van der Waals surface area contributed by atoms with Crippen molar-refractivity contribution in [3.05, 3.63) is 24.0 Å². The summed E-state index contributed by atoms with van der Waals surface area (Å²) in [6.45, 7) is 3.67. The number of allylic oxidation sites excluding steroid dienone is 2. The fraction of sp³-hybridized carbons (Fsp3) is 0.769. The summed E-state index contributed by atoms with van der Waals surface area (Å²) < 4.78 is 4.82. The van der Waals surface area contributed by atoms with Gasteiger partial charge < -0.3 is 9.84 Å². The van der Waals surface area contributed by atoms with Gasteiger partial charge in [0.2, 0.25) is 0 Å². The Balaban J connectivity index is 0. The summed E-state index contributed by atoms with van der Waals surface area (Å²) in [7, 11) is 0. The Morgan fingerprint density at radius 1 is 0.710 bits per heavy atom. The van der Waals surface area contributed by atoms with Gasteiger partial charge in [-0.2, -0.15) is 0 Å². The van der Waals surface area contributed by atoms with Crippen LogP contribution < -0.4 is 0 Å². The number of unbranched alkanes of at least 4 members (excludes halogenated alkanes) is 15. The van der Waals surface area contributed by atoms with Crippen molar-refractivity contribution in [3.8, 4) is 0 Å². The van der Waals surface area contributed by atoms with E-state index < -0.39 is 5.97 Å². The molecule has 0 saturated carbocycles. The van der Waals surface area contributed by atoms with Gasteiger partial charge in [-0.05, 0) is 39.0 Å². The summed E-state index contributed by atoms with van der Waals surface area (Å²) >= 11 is 0. The minimum atomic E-state index is -1.07. The van der Waals surface area contributed by atoms with E-state index in [0.29, 0.717) is 6.42 Å². The van der Waals surface area contributed by atoms with Crippen molar-refractivity contribution in [3.63, 3.8) is 0 Å². The summed E-state index contributed by atoms with van der Waals surface area (Å²) in [5.74, 6) is -1.42. The van der Waals surface area contributed by atoms with Crippen molar-refractivity contribution >= 4 is 35.0 Å². The van der Waals surface area contributed by atoms with E-state index in [-0.39, 0.29) is 34.6 Å². The molecule has 0 fully saturated rings. The molecule has 0 saturated heterocycles. The summed E-state index contributed by atoms with van der Waals surface area (Å²) in [4.78, 5) is 22.1. The molecule has 0 aromatic carbocycles. The predicted molar refractivity (Wildman–Crippen MR) is 134 cm³/mol. The second kappa shape index (κ2) is 25.4. The van der Waals surface area contributed by atoms with Gasteiger partial charge in [0, 0.05) is 6.42 Å². The van der Waals surface area contributed by atoms with E-state index in [4.69, 9.17) is 9.84 Å². The lowest BCUT2D eigenvalue weighted by atomic mass is 10.1. The Hall–Kier alpha value is -0.814. The van der Waals surface area contributed by atoms with Crippen LogP contribution in [0.5, 0.6) is 0 Å². The number of carbonyl (C=O) groups excluding carboxylic acids is 1. The number of carbonyl (C=O) groups is 2. The fourth-order valence-corrected chi connectivity index (χ4v) is 3.31. The summed E-state index contributed by atoms with van der Waals surface area (Å²) in [5, 5.41) is 8.68. The molecular formula is C26H48MgO4. The maximum Gasteiger partial charge on any atom is 0.334 e. The molecule has 31 heavy (non-hydrogen) atoms. The number of hydrogen-bond donors (Lipinski definition) is 1. The highest BCUT2D eigenvalue weighted by atomic mass is 24.3. The zero-order chi connectivity index (χ0) is 22.3. The van der Waals surface area contributed by atoms with Crippen LogP contribution >= 0.6 is 0 Å². The van der Waals surface area contributed by atoms with Crippen LogP contribution in [0.15, 0.2) is 24.0 Å². The van der Waals surface area contributed by atoms with Crippen molar-refractivity contribution in [2.75, 3.05) is 0 Å². The number of rotatable bonds is 21. The third-order valence-corrected chi connectivity index (χ3v) is 5.35. The van der Waals surface area contributed by atoms with Gasteiger partial charge in [-0.1, -0.05) is 96.1 Å². The topological polar surface area (TPSA) is 63.6 Å². The normalized spacial score (nSPS) is 11.5. The summed E-state index contributed by atoms with van der Waals surface area (Å²) in [5.41, 5.74) is 0.0348. The molecule has 0 aliphatic rings. The molecule has 0 atom stereocenters. The Morgan fingerprint density at radius 3 is 1.58 bits per heavy atom. The molecular weight excluding hydrogens is 401 g/mol. The van der Waals surface area contributed by atoms with Crippen LogP contribution in [-0.2, 0) is 14.3 Å². The fourth-order valence-electron chi connectivity index (χ4n) is 3.31. The van der Waals surface area contributed by atoms with Crippen molar-refractivity contribution < 1.29 is 19.4 Å². The summed E-state index contributed by atoms with van der Waals surface area (Å²) in [6, 6.07) is 0. The van der Waals surface area contributed by atoms with E-state index in [2.05, 4.69) is 19.1 Å². The molecule has 0 heterocycles. The SMILES string of the molecule is CCCCCCCC/C=C\CCCCCCCCCCCC(=O)OC=C(C)C(=O)O.[MgH2]. The molecule has 0 radical (unpaired) electrons. The van der Waals surface area contributed by atoms with E-state index in [1.54, 1.807) is 0 Å². The molecule has 0 aliphatic heterocycles. The third-order valence-electron chi connectivity index (χ3n) is 5.35. The van der Waals surface area contributed by atoms with Crippen molar-refractivity contribution in [2.45, 2.75) is 129 Å². The highest BCUT2D eigenvalue weighted by Crippen LogP contribution is 2.12. The molecule has 0 rings (SSSR count). The van der Waals surface area contributed by atoms with Crippen LogP contribution in [0.2, 0.25) is 0 Å². The van der Waals surface area contributed by atoms with Crippen LogP contribution in [0, 0.1) is 0 Å². The Bertz CT molecular complexity index is 486. The number of esters is 1. The van der Waals surface area contributed by atoms with Gasteiger partial charge in [0.1, 0.15) is 6.26 Å². The first-order valence-electron chi connectivity index (χ1n) is 12.3. The molecule has 0 bridgehead atoms. The van der Waals surface area contributed by atoms with E-state index in [0.717, 1.165) is 25.5 Å². The number of carboxylic acids is 1. The molecule has 0 amide bonds. The predicted octanol–water partition coefficient (Wildman–Crippen LogP) is 7.20. The third kappa shape index (κ3) is 25.3. The van der Waals surface area contributed by atoms with Gasteiger partial charge in [0.05, 0.1) is 5.57 Å². The largest absolute Gasteiger partial charge is 0.478 e. The average molecular weight is 449 g/mol. The minimum Gasteiger partial charge on any atom is -0.478 e. The number of carboxylic acid groups (broad SMARTS) is 1. The van der Waals surface area contributed by atoms with Crippen molar-refractivity contribution in [2.24, 2.45) is 0 Å². The van der Waals surface area contributed by atoms with Crippen LogP contribution in [0.25, 0.3) is 0 Å². The number of hydrogen-bond acceptors (Lipinski definition) is 3. The Kier molecular flexibility index (Phi) is 26.6. The Morgan fingerprint density at radius 2 is 1.13 bits per heavy atom. The number of ether oxygens (including phenoxy) is 1. The second-order valence-corrected chi connectivity index (χ2v) is 8.34. The molecule has 4 nitrogen and oxygen atoms in total. The molecule has 5 heteroatoms. The van der Waals surface area contributed by atoms with E-state index in [1.165, 1.54) is 96.8 Å². The maximum absolute atomic E-state index is 11.5. The molecule has 178 valence electrons. The second-order valence-electron chi connectivity index (χ2n) is 8.34. The smallest absolute Gasteiger partial charge is 0.334 e. The Labute approximate surface area is 207 Å². The quantitative estimate of drug-likeness (QED) is 0.0503. The van der Waals surface area contributed by atoms with E-state index in [9.17, 15) is 9.59 Å². The first-order valence-corrected chi connectivity index (χ1v) is 12.3. The summed E-state index contributed by atoms with van der Waals surface area (Å²) in [6.07, 6.45) is 27.6. The molecule has 0 unspecified atom stereocenters. The van der Waals surface area contributed by atoms with Gasteiger partial charge in [0.15, 0.2) is 0 Å². The minimum absolute atomic E-state index is 0. The van der Waals surface area contributed by atoms with E-state index in [1.807, 2.05) is 0 Å². The molecule has 0 aromatic rings. The van der Waals surface area contributed by atoms with Gasteiger partial charge in [-0.25, -0.2) is 4.79 Å². The van der Waals surface area contributed by atoms with Crippen LogP contribution in [0.4, 0.5) is 0 Å². The maximum atomic E-state index is 11.5. The van der Waals surface area contributed by atoms with Crippen molar-refractivity contribution in [1.82, 2.24) is 0 Å². The molecule has 0 spiro atoms. The molecule has 0 aromatic heterocycles. The lowest BCUT2D eigenvalue weighted by Gasteiger charge is -2.02. The van der Waals surface area contributed by atoms with Gasteiger partial charge in [-0.3, -0.25) is 4.79 Å². The average Bonchev–Trinajstić information content (AvgIpc) is 2.73. The number of aliphatic carboxylic acids is 1. The lowest BCUT2D eigenvalue weighted by molar-refractivity contribution is -0.138. The molecule has 1 N–H and O–H groups in total. The first-order chi connectivity index (χ1) is 14.6. The molecule has 0 aliphatic carbocycles. The van der Waals surface area contributed by atoms with Crippen molar-refractivity contribution in [1.29, 1.82) is 0 Å². The highest BCUT2D eigenvalue weighted by molar-refractivity contribution is 5.85. The van der Waals surface area contributed by atoms with Crippen LogP contribution in [0.3, 0.4) is 0 Å². The monoisotopic (exact) mass is 448 g/mol.